The highest BCUT2D eigenvalue weighted by Gasteiger charge is 2.33. The van der Waals surface area contributed by atoms with Gasteiger partial charge in [-0.1, -0.05) is 85.6 Å². The molecule has 12 rings (SSSR count). The molecule has 2 aromatic heterocycles. The summed E-state index contributed by atoms with van der Waals surface area (Å²) in [5.41, 5.74) is 10.5. The first-order chi connectivity index (χ1) is 36.8. The monoisotopic (exact) mass is 1070 g/mol. The van der Waals surface area contributed by atoms with E-state index in [4.69, 9.17) is 32.7 Å². The van der Waals surface area contributed by atoms with Gasteiger partial charge < -0.3 is 29.3 Å². The molecular formula is C62H60BBrN6O6. The summed E-state index contributed by atoms with van der Waals surface area (Å²) in [6.07, 6.45) is 8.88. The summed E-state index contributed by atoms with van der Waals surface area (Å²) in [4.78, 5) is 38.9. The molecule has 2 N–H and O–H groups in total. The molecule has 2 saturated heterocycles. The van der Waals surface area contributed by atoms with Gasteiger partial charge in [0.15, 0.2) is 11.4 Å². The van der Waals surface area contributed by atoms with E-state index >= 15 is 0 Å². The molecule has 12 nitrogen and oxygen atoms in total. The van der Waals surface area contributed by atoms with Gasteiger partial charge in [-0.3, -0.25) is 18.7 Å². The number of ether oxygens (including phenoxy) is 2. The Hall–Kier alpha value is -7.30. The summed E-state index contributed by atoms with van der Waals surface area (Å²) < 4.78 is 16.2. The highest BCUT2D eigenvalue weighted by Crippen LogP contribution is 2.46. The number of fused-ring (bicyclic) bond motifs is 2. The lowest BCUT2D eigenvalue weighted by molar-refractivity contribution is -0.00552. The summed E-state index contributed by atoms with van der Waals surface area (Å²) in [5.74, 6) is 0.777. The van der Waals surface area contributed by atoms with E-state index in [9.17, 15) is 9.59 Å². The molecule has 2 aliphatic heterocycles. The molecule has 2 aliphatic carbocycles. The van der Waals surface area contributed by atoms with Gasteiger partial charge in [0, 0.05) is 70.9 Å². The molecule has 2 saturated carbocycles. The molecule has 8 aromatic rings. The van der Waals surface area contributed by atoms with Crippen LogP contribution in [-0.2, 0) is 9.47 Å². The SMILES string of the molecule is OB(O)C1CC1.[C-]#[N+]c1ccc(-c2cccc3c(=O)n(-c4ccc(N5C[C@@H](C)O[C@@H](C)C5)c(Br)c4)ccc23)cc1.[C-]#[N+]c1ccc(-c2cccc3c(=O)n(-c4ccc(N5C[C@@H](C)O[C@@H](C)C5)c(C5CC5)c4)ccc23)cc1. The quantitative estimate of drug-likeness (QED) is 0.114. The fourth-order valence-corrected chi connectivity index (χ4v) is 11.3. The minimum atomic E-state index is -1.04. The van der Waals surface area contributed by atoms with Crippen LogP contribution >= 0.6 is 15.9 Å². The van der Waals surface area contributed by atoms with E-state index in [0.29, 0.717) is 28.1 Å². The van der Waals surface area contributed by atoms with Crippen LogP contribution in [0.3, 0.4) is 0 Å². The van der Waals surface area contributed by atoms with Crippen LogP contribution in [0, 0.1) is 13.1 Å². The van der Waals surface area contributed by atoms with Crippen molar-refractivity contribution in [2.24, 2.45) is 0 Å². The zero-order chi connectivity index (χ0) is 53.2. The van der Waals surface area contributed by atoms with Crippen LogP contribution in [0.4, 0.5) is 22.7 Å². The largest absolute Gasteiger partial charge is 0.454 e. The molecule has 76 heavy (non-hydrogen) atoms. The molecule has 0 amide bonds. The van der Waals surface area contributed by atoms with Gasteiger partial charge in [0.2, 0.25) is 0 Å². The molecule has 4 aliphatic rings. The number of aromatic nitrogens is 2. The normalized spacial score (nSPS) is 19.2. The van der Waals surface area contributed by atoms with Crippen LogP contribution in [0.15, 0.2) is 160 Å². The molecule has 0 bridgehead atoms. The van der Waals surface area contributed by atoms with Gasteiger partial charge >= 0.3 is 7.12 Å². The molecule has 384 valence electrons. The first-order valence-electron chi connectivity index (χ1n) is 26.1. The van der Waals surface area contributed by atoms with E-state index in [1.165, 1.54) is 24.1 Å². The Morgan fingerprint density at radius 1 is 0.539 bits per heavy atom. The smallest absolute Gasteiger partial charge is 0.427 e. The van der Waals surface area contributed by atoms with Crippen LogP contribution in [0.25, 0.3) is 64.9 Å². The van der Waals surface area contributed by atoms with Gasteiger partial charge in [-0.2, -0.15) is 0 Å². The lowest BCUT2D eigenvalue weighted by Crippen LogP contribution is -2.45. The van der Waals surface area contributed by atoms with Crippen molar-refractivity contribution >= 4 is 67.3 Å². The fraction of sp³-hybridized carbons (Fsp3) is 0.290. The third-order valence-electron chi connectivity index (χ3n) is 14.6. The molecule has 4 atom stereocenters. The molecule has 0 radical (unpaired) electrons. The molecule has 6 aromatic carbocycles. The Morgan fingerprint density at radius 2 is 0.974 bits per heavy atom. The van der Waals surface area contributed by atoms with Crippen molar-refractivity contribution in [3.63, 3.8) is 0 Å². The molecule has 0 unspecified atom stereocenters. The average molecular weight is 1080 g/mol. The van der Waals surface area contributed by atoms with Crippen LogP contribution in [0.2, 0.25) is 5.82 Å². The second-order valence-electron chi connectivity index (χ2n) is 20.6. The van der Waals surface area contributed by atoms with Gasteiger partial charge in [-0.05, 0) is 167 Å². The number of rotatable bonds is 8. The number of halogens is 1. The minimum Gasteiger partial charge on any atom is -0.427 e. The second kappa shape index (κ2) is 22.5. The first kappa shape index (κ1) is 52.2. The Balaban J connectivity index is 0.000000156. The van der Waals surface area contributed by atoms with Gasteiger partial charge in [0.1, 0.15) is 0 Å². The number of anilines is 2. The summed E-state index contributed by atoms with van der Waals surface area (Å²) in [5, 5.41) is 19.7. The minimum absolute atomic E-state index is 0.0183. The predicted octanol–water partition coefficient (Wildman–Crippen LogP) is 12.9. The van der Waals surface area contributed by atoms with E-state index in [1.807, 2.05) is 109 Å². The summed E-state index contributed by atoms with van der Waals surface area (Å²) in [6.45, 7) is 26.2. The summed E-state index contributed by atoms with van der Waals surface area (Å²) in [6, 6.07) is 43.2. The fourth-order valence-electron chi connectivity index (χ4n) is 10.6. The molecule has 4 fully saturated rings. The van der Waals surface area contributed by atoms with Crippen molar-refractivity contribution in [1.29, 1.82) is 0 Å². The first-order valence-corrected chi connectivity index (χ1v) is 26.9. The van der Waals surface area contributed by atoms with Gasteiger partial charge in [-0.15, -0.1) is 0 Å². The van der Waals surface area contributed by atoms with Gasteiger partial charge in [-0.25, -0.2) is 9.69 Å². The maximum atomic E-state index is 13.7. The lowest BCUT2D eigenvalue weighted by atomic mass is 9.84. The van der Waals surface area contributed by atoms with E-state index < -0.39 is 7.12 Å². The van der Waals surface area contributed by atoms with E-state index in [0.717, 1.165) is 93.6 Å². The Kier molecular flexibility index (Phi) is 15.4. The molecular weight excluding hydrogens is 1020 g/mol. The standard InChI is InChI=1S/C31H29N3O2.C28H24BrN3O2.C3H7BO2/c1-20-18-33(19-21(2)36-20)30-14-13-25(17-29(30)23-7-8-23)34-16-15-27-26(5-4-6-28(27)31(34)35)22-9-11-24(32-3)12-10-22;1-18-16-31(17-19(2)34-18)27-12-11-22(15-26(27)29)32-14-13-24-23(5-4-6-25(24)28(32)33)20-7-9-21(30-3)10-8-20;5-4(6)3-1-2-3/h4-6,9-17,20-21,23H,7-8,18-19H2,1-2H3;4-15,18-19H,16-17H2,1-2H3;3,5-6H,1-2H2/t20-,21+;18-,19+;. The maximum Gasteiger partial charge on any atom is 0.454 e. The van der Waals surface area contributed by atoms with Crippen molar-refractivity contribution in [2.45, 2.75) is 89.5 Å². The number of morpholine rings is 2. The Labute approximate surface area is 452 Å². The van der Waals surface area contributed by atoms with Gasteiger partial charge in [0.25, 0.3) is 11.1 Å². The predicted molar refractivity (Wildman–Crippen MR) is 310 cm³/mol. The van der Waals surface area contributed by atoms with E-state index in [-0.39, 0.29) is 41.4 Å². The average Bonchev–Trinajstić information content (AvgIpc) is 4.38. The third kappa shape index (κ3) is 11.4. The Bertz CT molecular complexity index is 3620. The Morgan fingerprint density at radius 3 is 1.37 bits per heavy atom. The zero-order valence-corrected chi connectivity index (χ0v) is 44.7. The molecule has 0 spiro atoms. The zero-order valence-electron chi connectivity index (χ0n) is 43.1. The summed E-state index contributed by atoms with van der Waals surface area (Å²) in [7, 11) is -1.04. The van der Waals surface area contributed by atoms with Gasteiger partial charge in [0.05, 0.1) is 43.2 Å². The van der Waals surface area contributed by atoms with E-state index in [1.54, 1.807) is 21.3 Å². The second-order valence-corrected chi connectivity index (χ2v) is 21.4. The van der Waals surface area contributed by atoms with Crippen molar-refractivity contribution in [3.8, 4) is 33.6 Å². The van der Waals surface area contributed by atoms with Crippen molar-refractivity contribution in [1.82, 2.24) is 9.13 Å². The van der Waals surface area contributed by atoms with Crippen LogP contribution in [0.1, 0.15) is 64.9 Å². The molecule has 4 heterocycles. The maximum absolute atomic E-state index is 13.7. The number of nitrogens with zero attached hydrogens (tertiary/aromatic N) is 6. The number of benzene rings is 6. The van der Waals surface area contributed by atoms with Crippen LogP contribution in [-0.4, -0.2) is 76.9 Å². The highest BCUT2D eigenvalue weighted by molar-refractivity contribution is 9.10. The van der Waals surface area contributed by atoms with E-state index in [2.05, 4.69) is 87.4 Å². The van der Waals surface area contributed by atoms with Crippen LogP contribution in [0.5, 0.6) is 0 Å². The molecule has 14 heteroatoms. The highest BCUT2D eigenvalue weighted by atomic mass is 79.9. The third-order valence-corrected chi connectivity index (χ3v) is 15.2. The number of hydrogen-bond acceptors (Lipinski definition) is 8. The number of hydrogen-bond donors (Lipinski definition) is 2. The topological polar surface area (TPSA) is 118 Å². The van der Waals surface area contributed by atoms with Crippen LogP contribution < -0.4 is 20.9 Å². The van der Waals surface area contributed by atoms with Crippen molar-refractivity contribution < 1.29 is 19.5 Å². The summed E-state index contributed by atoms with van der Waals surface area (Å²) >= 11 is 3.73. The lowest BCUT2D eigenvalue weighted by Gasteiger charge is -2.38. The number of pyridine rings is 2. The van der Waals surface area contributed by atoms with Crippen molar-refractivity contribution in [3.05, 3.63) is 199 Å². The van der Waals surface area contributed by atoms with Crippen molar-refractivity contribution in [2.75, 3.05) is 36.0 Å².